The van der Waals surface area contributed by atoms with Gasteiger partial charge in [0.2, 0.25) is 0 Å². The lowest BCUT2D eigenvalue weighted by molar-refractivity contribution is 0.0600. The van der Waals surface area contributed by atoms with Crippen molar-refractivity contribution in [3.8, 4) is 0 Å². The Kier molecular flexibility index (Phi) is 5.68. The summed E-state index contributed by atoms with van der Waals surface area (Å²) in [7, 11) is 1.31. The minimum atomic E-state index is -0.462. The normalized spacial score (nSPS) is 20.7. The second-order valence-electron chi connectivity index (χ2n) is 7.39. The van der Waals surface area contributed by atoms with E-state index < -0.39 is 5.97 Å². The predicted molar refractivity (Wildman–Crippen MR) is 98.5 cm³/mol. The van der Waals surface area contributed by atoms with Crippen LogP contribution in [-0.2, 0) is 9.47 Å². The van der Waals surface area contributed by atoms with Crippen molar-refractivity contribution in [3.05, 3.63) is 35.4 Å². The van der Waals surface area contributed by atoms with Crippen LogP contribution in [-0.4, -0.2) is 66.7 Å². The molecule has 1 atom stereocenters. The van der Waals surface area contributed by atoms with Crippen molar-refractivity contribution >= 4 is 18.0 Å². The number of carbonyl (C=O) groups is 3. The molecule has 2 amide bonds. The molecule has 0 N–H and O–H groups in total. The third kappa shape index (κ3) is 3.91. The topological polar surface area (TPSA) is 76.2 Å². The first-order chi connectivity index (χ1) is 12.9. The summed E-state index contributed by atoms with van der Waals surface area (Å²) >= 11 is 0. The highest BCUT2D eigenvalue weighted by atomic mass is 16.6. The van der Waals surface area contributed by atoms with Crippen LogP contribution in [0.2, 0.25) is 0 Å². The van der Waals surface area contributed by atoms with Crippen LogP contribution in [0.4, 0.5) is 4.79 Å². The molecule has 7 heteroatoms. The van der Waals surface area contributed by atoms with E-state index in [1.54, 1.807) is 29.2 Å². The van der Waals surface area contributed by atoms with E-state index in [-0.39, 0.29) is 24.1 Å². The van der Waals surface area contributed by atoms with E-state index in [2.05, 4.69) is 13.8 Å². The second kappa shape index (κ2) is 7.98. The summed E-state index contributed by atoms with van der Waals surface area (Å²) in [5, 5.41) is 0. The van der Waals surface area contributed by atoms with Crippen molar-refractivity contribution in [2.75, 3.05) is 26.8 Å². The van der Waals surface area contributed by atoms with Gasteiger partial charge in [0.1, 0.15) is 6.61 Å². The van der Waals surface area contributed by atoms with Gasteiger partial charge in [0.05, 0.1) is 18.7 Å². The smallest absolute Gasteiger partial charge is 0.410 e. The quantitative estimate of drug-likeness (QED) is 0.757. The maximum Gasteiger partial charge on any atom is 0.410 e. The Labute approximate surface area is 159 Å². The summed E-state index contributed by atoms with van der Waals surface area (Å²) in [6.45, 7) is 5.76. The number of benzene rings is 1. The average Bonchev–Trinajstić information content (AvgIpc) is 3.08. The molecule has 1 aromatic rings. The van der Waals surface area contributed by atoms with Gasteiger partial charge in [0.15, 0.2) is 0 Å². The van der Waals surface area contributed by atoms with Crippen molar-refractivity contribution in [3.63, 3.8) is 0 Å². The van der Waals surface area contributed by atoms with Gasteiger partial charge >= 0.3 is 12.1 Å². The van der Waals surface area contributed by atoms with E-state index >= 15 is 0 Å². The Bertz CT molecular complexity index is 725. The molecule has 3 rings (SSSR count). The van der Waals surface area contributed by atoms with Gasteiger partial charge in [-0.05, 0) is 37.0 Å². The zero-order chi connectivity index (χ0) is 19.6. The summed E-state index contributed by atoms with van der Waals surface area (Å²) in [6, 6.07) is 6.76. The minimum absolute atomic E-state index is 0.0952. The molecule has 0 radical (unpaired) electrons. The molecule has 2 saturated heterocycles. The maximum absolute atomic E-state index is 12.8. The lowest BCUT2D eigenvalue weighted by Crippen LogP contribution is -2.50. The van der Waals surface area contributed by atoms with Gasteiger partial charge < -0.3 is 14.4 Å². The van der Waals surface area contributed by atoms with E-state index in [4.69, 9.17) is 9.47 Å². The largest absolute Gasteiger partial charge is 0.465 e. The van der Waals surface area contributed by atoms with E-state index in [0.29, 0.717) is 36.7 Å². The van der Waals surface area contributed by atoms with Crippen LogP contribution in [0.1, 0.15) is 47.4 Å². The van der Waals surface area contributed by atoms with Gasteiger partial charge in [-0.2, -0.15) is 0 Å². The average molecular weight is 374 g/mol. The van der Waals surface area contributed by atoms with Crippen molar-refractivity contribution in [1.82, 2.24) is 9.80 Å². The number of cyclic esters (lactones) is 1. The van der Waals surface area contributed by atoms with E-state index in [0.717, 1.165) is 12.8 Å². The number of hydrogen-bond donors (Lipinski definition) is 0. The first-order valence-electron chi connectivity index (χ1n) is 9.35. The monoisotopic (exact) mass is 374 g/mol. The number of esters is 1. The molecule has 0 spiro atoms. The number of rotatable bonds is 4. The molecular formula is C20H26N2O5. The summed E-state index contributed by atoms with van der Waals surface area (Å²) in [6.07, 6.45) is 1.20. The standard InChI is InChI=1S/C20H26N2O5/c1-13(2)17-12-27-20(25)22(17)16-7-9-21(10-8-16)18(23)14-5-4-6-15(11-14)19(24)26-3/h4-6,11,13,16-17H,7-10,12H2,1-3H3. The van der Waals surface area contributed by atoms with Crippen LogP contribution in [0.5, 0.6) is 0 Å². The van der Waals surface area contributed by atoms with Gasteiger partial charge in [-0.3, -0.25) is 9.69 Å². The highest BCUT2D eigenvalue weighted by Crippen LogP contribution is 2.28. The molecular weight excluding hydrogens is 348 g/mol. The Hall–Kier alpha value is -2.57. The van der Waals surface area contributed by atoms with Crippen LogP contribution in [0, 0.1) is 5.92 Å². The van der Waals surface area contributed by atoms with E-state index in [1.165, 1.54) is 7.11 Å². The molecule has 0 saturated carbocycles. The summed E-state index contributed by atoms with van der Waals surface area (Å²) in [5.41, 5.74) is 0.829. The summed E-state index contributed by atoms with van der Waals surface area (Å²) in [5.74, 6) is -0.239. The molecule has 2 fully saturated rings. The Morgan fingerprint density at radius 1 is 1.19 bits per heavy atom. The van der Waals surface area contributed by atoms with Crippen molar-refractivity contribution < 1.29 is 23.9 Å². The SMILES string of the molecule is COC(=O)c1cccc(C(=O)N2CCC(N3C(=O)OCC3C(C)C)CC2)c1. The van der Waals surface area contributed by atoms with Gasteiger partial charge in [-0.1, -0.05) is 19.9 Å². The zero-order valence-electron chi connectivity index (χ0n) is 16.0. The second-order valence-corrected chi connectivity index (χ2v) is 7.39. The zero-order valence-corrected chi connectivity index (χ0v) is 16.0. The van der Waals surface area contributed by atoms with Crippen LogP contribution in [0.25, 0.3) is 0 Å². The number of nitrogens with zero attached hydrogens (tertiary/aromatic N) is 2. The molecule has 1 unspecified atom stereocenters. The van der Waals surface area contributed by atoms with Crippen LogP contribution >= 0.6 is 0 Å². The van der Waals surface area contributed by atoms with Gasteiger partial charge in [-0.25, -0.2) is 9.59 Å². The number of likely N-dealkylation sites (tertiary alicyclic amines) is 1. The van der Waals surface area contributed by atoms with Crippen LogP contribution < -0.4 is 0 Å². The number of piperidine rings is 1. The lowest BCUT2D eigenvalue weighted by atomic mass is 9.97. The van der Waals surface area contributed by atoms with Crippen molar-refractivity contribution in [1.29, 1.82) is 0 Å². The summed E-state index contributed by atoms with van der Waals surface area (Å²) in [4.78, 5) is 40.2. The lowest BCUT2D eigenvalue weighted by Gasteiger charge is -2.38. The first-order valence-corrected chi connectivity index (χ1v) is 9.35. The number of ether oxygens (including phenoxy) is 2. The molecule has 2 heterocycles. The number of methoxy groups -OCH3 is 1. The molecule has 0 bridgehead atoms. The molecule has 27 heavy (non-hydrogen) atoms. The number of hydrogen-bond acceptors (Lipinski definition) is 5. The Balaban J connectivity index is 1.64. The van der Waals surface area contributed by atoms with E-state index in [9.17, 15) is 14.4 Å². The van der Waals surface area contributed by atoms with Gasteiger partial charge in [0.25, 0.3) is 5.91 Å². The fourth-order valence-electron chi connectivity index (χ4n) is 3.81. The molecule has 2 aliphatic rings. The molecule has 2 aliphatic heterocycles. The predicted octanol–water partition coefficient (Wildman–Crippen LogP) is 2.55. The Morgan fingerprint density at radius 3 is 2.48 bits per heavy atom. The van der Waals surface area contributed by atoms with E-state index in [1.807, 2.05) is 4.90 Å². The third-order valence-electron chi connectivity index (χ3n) is 5.39. The molecule has 0 aliphatic carbocycles. The van der Waals surface area contributed by atoms with Crippen molar-refractivity contribution in [2.24, 2.45) is 5.92 Å². The van der Waals surface area contributed by atoms with Crippen LogP contribution in [0.15, 0.2) is 24.3 Å². The fourth-order valence-corrected chi connectivity index (χ4v) is 3.81. The number of amides is 2. The fraction of sp³-hybridized carbons (Fsp3) is 0.550. The molecule has 146 valence electrons. The van der Waals surface area contributed by atoms with Gasteiger partial charge in [-0.15, -0.1) is 0 Å². The van der Waals surface area contributed by atoms with Crippen LogP contribution in [0.3, 0.4) is 0 Å². The molecule has 0 aromatic heterocycles. The molecule has 1 aromatic carbocycles. The highest BCUT2D eigenvalue weighted by Gasteiger charge is 2.41. The summed E-state index contributed by atoms with van der Waals surface area (Å²) < 4.78 is 9.96. The minimum Gasteiger partial charge on any atom is -0.465 e. The highest BCUT2D eigenvalue weighted by molar-refractivity contribution is 5.98. The first kappa shape index (κ1) is 19.2. The maximum atomic E-state index is 12.8. The number of carbonyl (C=O) groups excluding carboxylic acids is 3. The Morgan fingerprint density at radius 2 is 1.85 bits per heavy atom. The van der Waals surface area contributed by atoms with Gasteiger partial charge in [0, 0.05) is 24.7 Å². The molecule has 7 nitrogen and oxygen atoms in total. The third-order valence-corrected chi connectivity index (χ3v) is 5.39. The van der Waals surface area contributed by atoms with Crippen molar-refractivity contribution in [2.45, 2.75) is 38.8 Å².